The molecule has 0 saturated heterocycles. The second-order valence-electron chi connectivity index (χ2n) is 3.91. The van der Waals surface area contributed by atoms with Crippen molar-refractivity contribution in [1.29, 1.82) is 0 Å². The lowest BCUT2D eigenvalue weighted by Crippen LogP contribution is -2.11. The summed E-state index contributed by atoms with van der Waals surface area (Å²) in [6, 6.07) is 1.63. The van der Waals surface area contributed by atoms with E-state index >= 15 is 0 Å². The molecule has 0 aromatic carbocycles. The molecular weight excluding hydrogens is 246 g/mol. The smallest absolute Gasteiger partial charge is 0.229 e. The van der Waals surface area contributed by atoms with E-state index in [1.807, 2.05) is 17.8 Å². The second-order valence-corrected chi connectivity index (χ2v) is 3.91. The Morgan fingerprint density at radius 2 is 1.89 bits per heavy atom. The quantitative estimate of drug-likeness (QED) is 0.834. The molecule has 1 N–H and O–H groups in total. The van der Waals surface area contributed by atoms with E-state index in [0.29, 0.717) is 24.3 Å². The lowest BCUT2D eigenvalue weighted by Gasteiger charge is -2.08. The van der Waals surface area contributed by atoms with Gasteiger partial charge in [-0.3, -0.25) is 0 Å². The van der Waals surface area contributed by atoms with Gasteiger partial charge in [0.05, 0.1) is 20.3 Å². The Bertz CT molecular complexity index is 518. The van der Waals surface area contributed by atoms with Crippen molar-refractivity contribution in [2.24, 2.45) is 7.05 Å². The highest BCUT2D eigenvalue weighted by atomic mass is 16.5. The Morgan fingerprint density at radius 1 is 1.21 bits per heavy atom. The van der Waals surface area contributed by atoms with Crippen LogP contribution in [0.25, 0.3) is 0 Å². The van der Waals surface area contributed by atoms with Crippen LogP contribution >= 0.6 is 0 Å². The summed E-state index contributed by atoms with van der Waals surface area (Å²) in [6.45, 7) is 0.682. The Labute approximate surface area is 111 Å². The summed E-state index contributed by atoms with van der Waals surface area (Å²) in [5.41, 5.74) is 0. The summed E-state index contributed by atoms with van der Waals surface area (Å²) < 4.78 is 12.1. The third-order valence-corrected chi connectivity index (χ3v) is 2.65. The van der Waals surface area contributed by atoms with Crippen molar-refractivity contribution in [2.45, 2.75) is 6.42 Å². The summed E-state index contributed by atoms with van der Waals surface area (Å²) in [7, 11) is 5.08. The molecule has 7 heteroatoms. The molecule has 102 valence electrons. The van der Waals surface area contributed by atoms with Crippen molar-refractivity contribution in [3.63, 3.8) is 0 Å². The Kier molecular flexibility index (Phi) is 4.17. The van der Waals surface area contributed by atoms with Gasteiger partial charge in [-0.25, -0.2) is 4.98 Å². The van der Waals surface area contributed by atoms with Crippen LogP contribution in [-0.2, 0) is 13.5 Å². The Hall–Kier alpha value is -2.31. The molecule has 0 unspecified atom stereocenters. The van der Waals surface area contributed by atoms with Crippen LogP contribution in [0.2, 0.25) is 0 Å². The minimum absolute atomic E-state index is 0.464. The zero-order valence-corrected chi connectivity index (χ0v) is 11.3. The van der Waals surface area contributed by atoms with Gasteiger partial charge in [-0.1, -0.05) is 0 Å². The fourth-order valence-corrected chi connectivity index (χ4v) is 1.62. The minimum Gasteiger partial charge on any atom is -0.481 e. The van der Waals surface area contributed by atoms with Crippen LogP contribution in [0.15, 0.2) is 18.5 Å². The maximum absolute atomic E-state index is 5.08. The average Bonchev–Trinajstić information content (AvgIpc) is 2.84. The third-order valence-electron chi connectivity index (χ3n) is 2.65. The molecule has 0 fully saturated rings. The van der Waals surface area contributed by atoms with Crippen molar-refractivity contribution in [1.82, 2.24) is 19.5 Å². The van der Waals surface area contributed by atoms with E-state index in [4.69, 9.17) is 9.47 Å². The van der Waals surface area contributed by atoms with Gasteiger partial charge in [0.1, 0.15) is 5.82 Å². The van der Waals surface area contributed by atoms with E-state index in [9.17, 15) is 0 Å². The van der Waals surface area contributed by atoms with Crippen LogP contribution in [0.4, 0.5) is 5.95 Å². The van der Waals surface area contributed by atoms with Crippen molar-refractivity contribution in [3.8, 4) is 11.8 Å². The van der Waals surface area contributed by atoms with Crippen molar-refractivity contribution in [2.75, 3.05) is 26.1 Å². The number of ether oxygens (including phenoxy) is 2. The predicted molar refractivity (Wildman–Crippen MR) is 70.5 cm³/mol. The molecule has 2 heterocycles. The van der Waals surface area contributed by atoms with Crippen LogP contribution in [-0.4, -0.2) is 40.3 Å². The van der Waals surface area contributed by atoms with Gasteiger partial charge < -0.3 is 19.4 Å². The van der Waals surface area contributed by atoms with E-state index in [0.717, 1.165) is 12.2 Å². The maximum atomic E-state index is 5.08. The number of anilines is 1. The van der Waals surface area contributed by atoms with Crippen LogP contribution in [0, 0.1) is 0 Å². The largest absolute Gasteiger partial charge is 0.481 e. The first kappa shape index (κ1) is 13.1. The number of hydrogen-bond donors (Lipinski definition) is 1. The van der Waals surface area contributed by atoms with E-state index in [1.165, 1.54) is 0 Å². The molecular formula is C12H17N5O2. The topological polar surface area (TPSA) is 74.1 Å². The zero-order chi connectivity index (χ0) is 13.7. The number of aromatic nitrogens is 4. The highest BCUT2D eigenvalue weighted by Crippen LogP contribution is 2.17. The molecule has 0 aliphatic carbocycles. The second kappa shape index (κ2) is 6.03. The summed E-state index contributed by atoms with van der Waals surface area (Å²) in [5.74, 6) is 2.41. The number of hydrogen-bond acceptors (Lipinski definition) is 6. The molecule has 0 aliphatic heterocycles. The predicted octanol–water partition coefficient (Wildman–Crippen LogP) is 0.882. The standard InChI is InChI=1S/C12H17N5O2/c1-17-7-6-13-9(17)4-5-14-12-15-10(18-2)8-11(16-12)19-3/h6-8H,4-5H2,1-3H3,(H,14,15,16). The van der Waals surface area contributed by atoms with Gasteiger partial charge in [0.15, 0.2) is 0 Å². The minimum atomic E-state index is 0.464. The summed E-state index contributed by atoms with van der Waals surface area (Å²) in [4.78, 5) is 12.6. The third kappa shape index (κ3) is 3.34. The summed E-state index contributed by atoms with van der Waals surface area (Å²) >= 11 is 0. The van der Waals surface area contributed by atoms with Crippen molar-refractivity contribution < 1.29 is 9.47 Å². The number of methoxy groups -OCH3 is 2. The molecule has 0 bridgehead atoms. The first-order valence-electron chi connectivity index (χ1n) is 5.90. The van der Waals surface area contributed by atoms with Gasteiger partial charge in [-0.2, -0.15) is 9.97 Å². The first-order chi connectivity index (χ1) is 9.22. The Morgan fingerprint density at radius 3 is 2.42 bits per heavy atom. The lowest BCUT2D eigenvalue weighted by molar-refractivity contribution is 0.373. The molecule has 0 amide bonds. The number of imidazole rings is 1. The first-order valence-corrected chi connectivity index (χ1v) is 5.90. The van der Waals surface area contributed by atoms with Gasteiger partial charge in [0.25, 0.3) is 0 Å². The van der Waals surface area contributed by atoms with E-state index in [2.05, 4.69) is 20.3 Å². The summed E-state index contributed by atoms with van der Waals surface area (Å²) in [5, 5.41) is 3.12. The fraction of sp³-hybridized carbons (Fsp3) is 0.417. The average molecular weight is 263 g/mol. The van der Waals surface area contributed by atoms with Gasteiger partial charge in [-0.15, -0.1) is 0 Å². The van der Waals surface area contributed by atoms with E-state index in [-0.39, 0.29) is 0 Å². The van der Waals surface area contributed by atoms with E-state index < -0.39 is 0 Å². The molecule has 19 heavy (non-hydrogen) atoms. The van der Waals surface area contributed by atoms with Crippen LogP contribution in [0.3, 0.4) is 0 Å². The molecule has 0 atom stereocenters. The molecule has 0 aliphatic rings. The number of aryl methyl sites for hydroxylation is 1. The molecule has 2 rings (SSSR count). The number of nitrogens with one attached hydrogen (secondary N) is 1. The van der Waals surface area contributed by atoms with Gasteiger partial charge in [0, 0.05) is 32.4 Å². The lowest BCUT2D eigenvalue weighted by atomic mass is 10.4. The molecule has 2 aromatic heterocycles. The number of nitrogens with zero attached hydrogens (tertiary/aromatic N) is 4. The molecule has 0 spiro atoms. The highest BCUT2D eigenvalue weighted by Gasteiger charge is 2.05. The highest BCUT2D eigenvalue weighted by molar-refractivity contribution is 5.33. The summed E-state index contributed by atoms with van der Waals surface area (Å²) in [6.07, 6.45) is 4.48. The van der Waals surface area contributed by atoms with Crippen LogP contribution in [0.1, 0.15) is 5.82 Å². The Balaban J connectivity index is 1.97. The van der Waals surface area contributed by atoms with E-state index in [1.54, 1.807) is 26.5 Å². The molecule has 2 aromatic rings. The van der Waals surface area contributed by atoms with Gasteiger partial charge >= 0.3 is 0 Å². The molecule has 0 saturated carbocycles. The normalized spacial score (nSPS) is 10.3. The van der Waals surface area contributed by atoms with Crippen molar-refractivity contribution >= 4 is 5.95 Å². The number of rotatable bonds is 6. The van der Waals surface area contributed by atoms with Gasteiger partial charge in [-0.05, 0) is 0 Å². The monoisotopic (exact) mass is 263 g/mol. The van der Waals surface area contributed by atoms with Crippen LogP contribution in [0.5, 0.6) is 11.8 Å². The molecule has 7 nitrogen and oxygen atoms in total. The fourth-order valence-electron chi connectivity index (χ4n) is 1.62. The maximum Gasteiger partial charge on any atom is 0.229 e. The van der Waals surface area contributed by atoms with Crippen molar-refractivity contribution in [3.05, 3.63) is 24.3 Å². The molecule has 0 radical (unpaired) electrons. The SMILES string of the molecule is COc1cc(OC)nc(NCCc2nccn2C)n1. The van der Waals surface area contributed by atoms with Gasteiger partial charge in [0.2, 0.25) is 17.7 Å². The van der Waals surface area contributed by atoms with Crippen LogP contribution < -0.4 is 14.8 Å². The zero-order valence-electron chi connectivity index (χ0n) is 11.3.